The first-order chi connectivity index (χ1) is 37.1. The van der Waals surface area contributed by atoms with E-state index in [1.807, 2.05) is 0 Å². The van der Waals surface area contributed by atoms with Crippen molar-refractivity contribution in [2.45, 2.75) is 79.3 Å². The smallest absolute Gasteiger partial charge is 0.414 e. The number of aromatic nitrogens is 4. The number of nitrogens with zero attached hydrogens (tertiary/aromatic N) is 5. The molecule has 0 spiro atoms. The Morgan fingerprint density at radius 3 is 1.52 bits per heavy atom. The molecule has 14 nitrogen and oxygen atoms in total. The molecule has 4 heterocycles. The van der Waals surface area contributed by atoms with Crippen molar-refractivity contribution >= 4 is 40.7 Å². The molecule has 0 unspecified atom stereocenters. The zero-order valence-electron chi connectivity index (χ0n) is 44.2. The second kappa shape index (κ2) is 23.5. The number of benzene rings is 4. The average Bonchev–Trinajstić information content (AvgIpc) is 4.13. The maximum atomic E-state index is 14.1. The van der Waals surface area contributed by atoms with Crippen LogP contribution in [0.1, 0.15) is 76.6 Å². The molecule has 4 aromatic heterocycles. The average molecular weight is 1100 g/mol. The summed E-state index contributed by atoms with van der Waals surface area (Å²) in [5, 5.41) is 2.79. The van der Waals surface area contributed by atoms with Crippen molar-refractivity contribution in [2.75, 3.05) is 37.5 Å². The van der Waals surface area contributed by atoms with Crippen LogP contribution >= 0.6 is 0 Å². The largest absolute Gasteiger partial charge is 0.465 e. The van der Waals surface area contributed by atoms with Gasteiger partial charge in [0.15, 0.2) is 11.3 Å². The van der Waals surface area contributed by atoms with Gasteiger partial charge in [-0.25, -0.2) is 33.1 Å². The van der Waals surface area contributed by atoms with Gasteiger partial charge in [-0.2, -0.15) is 26.3 Å². The molecule has 0 aliphatic heterocycles. The first-order valence-corrected chi connectivity index (χ1v) is 24.3. The Bertz CT molecular complexity index is 3570. The first-order valence-electron chi connectivity index (χ1n) is 24.3. The summed E-state index contributed by atoms with van der Waals surface area (Å²) < 4.78 is 137. The lowest BCUT2D eigenvalue weighted by Crippen LogP contribution is -2.39. The first kappa shape index (κ1) is 58.0. The third-order valence-corrected chi connectivity index (χ3v) is 12.0. The number of carbonyl (C=O) groups is 3. The van der Waals surface area contributed by atoms with Crippen LogP contribution in [-0.4, -0.2) is 82.1 Å². The SMILES string of the molecule is COC(=O)c1ccc(-c2cnc3c(N(CCC(F)(F)F)C(=O)OC(C)(C)C)cc(Oc4cc(F)ccc4C)cn23)cc1C.COC(=O)c1ccc(-c2cnc3c(NCCC(F)(F)F)cc(Oc4cc(F)ccc4C)cn23)cc1C. The van der Waals surface area contributed by atoms with Gasteiger partial charge < -0.3 is 29.0 Å². The van der Waals surface area contributed by atoms with Crippen molar-refractivity contribution in [3.05, 3.63) is 155 Å². The number of halogens is 8. The molecule has 0 fully saturated rings. The Balaban J connectivity index is 0.000000232. The van der Waals surface area contributed by atoms with E-state index in [4.69, 9.17) is 23.7 Å². The molecule has 0 radical (unpaired) electrons. The van der Waals surface area contributed by atoms with E-state index in [1.165, 1.54) is 69.1 Å². The number of methoxy groups -OCH3 is 2. The lowest BCUT2D eigenvalue weighted by Gasteiger charge is -2.28. The summed E-state index contributed by atoms with van der Waals surface area (Å²) >= 11 is 0. The number of hydrogen-bond donors (Lipinski definition) is 1. The fourth-order valence-electron chi connectivity index (χ4n) is 8.12. The molecule has 1 N–H and O–H groups in total. The van der Waals surface area contributed by atoms with Gasteiger partial charge in [0, 0.05) is 48.5 Å². The van der Waals surface area contributed by atoms with Gasteiger partial charge in [0.1, 0.15) is 40.2 Å². The maximum absolute atomic E-state index is 14.1. The minimum Gasteiger partial charge on any atom is -0.465 e. The number of rotatable bonds is 14. The highest BCUT2D eigenvalue weighted by atomic mass is 19.4. The van der Waals surface area contributed by atoms with Crippen molar-refractivity contribution < 1.29 is 73.2 Å². The summed E-state index contributed by atoms with van der Waals surface area (Å²) in [6.45, 7) is 10.6. The summed E-state index contributed by atoms with van der Waals surface area (Å²) in [6.07, 6.45) is -6.03. The van der Waals surface area contributed by atoms with Gasteiger partial charge in [-0.3, -0.25) is 13.7 Å². The van der Waals surface area contributed by atoms with Gasteiger partial charge in [0.05, 0.1) is 85.7 Å². The maximum Gasteiger partial charge on any atom is 0.414 e. The molecule has 1 amide bonds. The quantitative estimate of drug-likeness (QED) is 0.0630. The van der Waals surface area contributed by atoms with Crippen molar-refractivity contribution in [3.63, 3.8) is 0 Å². The normalized spacial score (nSPS) is 11.7. The Hall–Kier alpha value is -8.69. The molecule has 4 aromatic carbocycles. The number of ether oxygens (including phenoxy) is 5. The molecule has 0 saturated carbocycles. The number of imidazole rings is 2. The number of anilines is 2. The Morgan fingerprint density at radius 1 is 0.595 bits per heavy atom. The van der Waals surface area contributed by atoms with Gasteiger partial charge in [-0.1, -0.05) is 24.3 Å². The highest BCUT2D eigenvalue weighted by Crippen LogP contribution is 2.38. The third kappa shape index (κ3) is 14.5. The molecular weight excluding hydrogens is 1050 g/mol. The summed E-state index contributed by atoms with van der Waals surface area (Å²) in [5.74, 6) is -1.19. The van der Waals surface area contributed by atoms with E-state index < -0.39 is 67.0 Å². The van der Waals surface area contributed by atoms with E-state index in [9.17, 15) is 49.5 Å². The van der Waals surface area contributed by atoms with Crippen molar-refractivity contribution in [1.82, 2.24) is 18.8 Å². The topological polar surface area (TPSA) is 147 Å². The molecule has 0 saturated heterocycles. The van der Waals surface area contributed by atoms with Gasteiger partial charge in [-0.15, -0.1) is 0 Å². The molecule has 79 heavy (non-hydrogen) atoms. The van der Waals surface area contributed by atoms with Crippen LogP contribution in [-0.2, 0) is 14.2 Å². The fraction of sp³-hybridized carbons (Fsp3) is 0.281. The van der Waals surface area contributed by atoms with Gasteiger partial charge in [-0.05, 0) is 107 Å². The highest BCUT2D eigenvalue weighted by molar-refractivity contribution is 5.95. The molecule has 0 aliphatic rings. The summed E-state index contributed by atoms with van der Waals surface area (Å²) in [5.41, 5.74) is 5.60. The van der Waals surface area contributed by atoms with Crippen LogP contribution in [0.15, 0.2) is 110 Å². The van der Waals surface area contributed by atoms with E-state index in [1.54, 1.807) is 112 Å². The van der Waals surface area contributed by atoms with Gasteiger partial charge in [0.2, 0.25) is 0 Å². The van der Waals surface area contributed by atoms with Crippen LogP contribution in [0.2, 0.25) is 0 Å². The van der Waals surface area contributed by atoms with E-state index in [-0.39, 0.29) is 40.9 Å². The zero-order valence-corrected chi connectivity index (χ0v) is 44.2. The van der Waals surface area contributed by atoms with Crippen LogP contribution in [0.5, 0.6) is 23.0 Å². The molecular formula is C57H54F8N6O8. The third-order valence-electron chi connectivity index (χ3n) is 12.0. The van der Waals surface area contributed by atoms with Gasteiger partial charge in [0.25, 0.3) is 0 Å². The van der Waals surface area contributed by atoms with Crippen LogP contribution < -0.4 is 19.7 Å². The summed E-state index contributed by atoms with van der Waals surface area (Å²) in [6, 6.07) is 21.1. The lowest BCUT2D eigenvalue weighted by atomic mass is 10.0. The van der Waals surface area contributed by atoms with Gasteiger partial charge >= 0.3 is 30.4 Å². The number of carbonyl (C=O) groups excluding carboxylic acids is 3. The van der Waals surface area contributed by atoms with Crippen LogP contribution in [0.25, 0.3) is 33.8 Å². The molecule has 22 heteroatoms. The van der Waals surface area contributed by atoms with Crippen molar-refractivity contribution in [3.8, 4) is 45.5 Å². The second-order valence-electron chi connectivity index (χ2n) is 19.2. The highest BCUT2D eigenvalue weighted by Gasteiger charge is 2.33. The monoisotopic (exact) mass is 1100 g/mol. The van der Waals surface area contributed by atoms with Crippen LogP contribution in [0.4, 0.5) is 51.3 Å². The van der Waals surface area contributed by atoms with Crippen molar-refractivity contribution in [2.24, 2.45) is 0 Å². The second-order valence-corrected chi connectivity index (χ2v) is 19.2. The molecule has 416 valence electrons. The van der Waals surface area contributed by atoms with Crippen molar-refractivity contribution in [1.29, 1.82) is 0 Å². The Morgan fingerprint density at radius 2 is 1.06 bits per heavy atom. The van der Waals surface area contributed by atoms with E-state index in [0.717, 1.165) is 4.90 Å². The molecule has 8 rings (SSSR count). The predicted molar refractivity (Wildman–Crippen MR) is 279 cm³/mol. The number of esters is 2. The number of pyridine rings is 2. The summed E-state index contributed by atoms with van der Waals surface area (Å²) in [4.78, 5) is 47.1. The fourth-order valence-corrected chi connectivity index (χ4v) is 8.12. The predicted octanol–water partition coefficient (Wildman–Crippen LogP) is 14.7. The molecule has 8 aromatic rings. The number of hydrogen-bond acceptors (Lipinski definition) is 11. The van der Waals surface area contributed by atoms with E-state index in [2.05, 4.69) is 15.3 Å². The number of amides is 1. The zero-order chi connectivity index (χ0) is 57.7. The number of fused-ring (bicyclic) bond motifs is 2. The number of aryl methyl sites for hydroxylation is 4. The molecule has 0 atom stereocenters. The van der Waals surface area contributed by atoms with Crippen LogP contribution in [0, 0.1) is 39.3 Å². The Kier molecular flexibility index (Phi) is 17.3. The minimum absolute atomic E-state index is 0.0146. The standard InChI is InChI=1S/C31H31F4N3O5.C26H23F4N3O3/c1-18-7-9-21(32)14-26(18)42-22-15-24(37(12-11-31(33,34)35)29(40)43-30(3,4)5)27-36-16-25(38(27)17-22)20-8-10-23(19(2)13-20)28(39)41-6;1-15-4-6-18(27)11-23(15)36-19-12-21(31-9-8-26(28,29)30)24-32-13-22(33(24)14-19)17-5-7-20(16(2)10-17)25(34)35-3/h7-10,13-17H,11-12H2,1-6H3;4-7,10-14,31H,8-9H2,1-3H3. The number of alkyl halides is 6. The Labute approximate surface area is 448 Å². The number of nitrogens with one attached hydrogen (secondary N) is 1. The summed E-state index contributed by atoms with van der Waals surface area (Å²) in [7, 11) is 2.58. The van der Waals surface area contributed by atoms with E-state index in [0.29, 0.717) is 67.2 Å². The van der Waals surface area contributed by atoms with Crippen LogP contribution in [0.3, 0.4) is 0 Å². The molecule has 0 bridgehead atoms. The lowest BCUT2D eigenvalue weighted by molar-refractivity contribution is -0.132. The molecule has 0 aliphatic carbocycles. The minimum atomic E-state index is -4.57. The van der Waals surface area contributed by atoms with E-state index >= 15 is 0 Å².